The maximum Gasteiger partial charge on any atom is 0.317 e. The highest BCUT2D eigenvalue weighted by molar-refractivity contribution is 6.31. The first kappa shape index (κ1) is 17.2. The van der Waals surface area contributed by atoms with Crippen LogP contribution in [0, 0.1) is 12.7 Å². The van der Waals surface area contributed by atoms with E-state index in [9.17, 15) is 9.18 Å². The number of aryl methyl sites for hydroxylation is 1. The Morgan fingerprint density at radius 3 is 2.73 bits per heavy atom. The minimum atomic E-state index is -0.799. The summed E-state index contributed by atoms with van der Waals surface area (Å²) in [6.45, 7) is 4.97. The van der Waals surface area contributed by atoms with Crippen molar-refractivity contribution in [2.75, 3.05) is 13.1 Å². The second-order valence-corrected chi connectivity index (χ2v) is 6.27. The van der Waals surface area contributed by atoms with E-state index in [-0.39, 0.29) is 24.4 Å². The van der Waals surface area contributed by atoms with Crippen LogP contribution in [0.4, 0.5) is 4.39 Å². The highest BCUT2D eigenvalue weighted by atomic mass is 35.5. The van der Waals surface area contributed by atoms with E-state index in [4.69, 9.17) is 16.7 Å². The molecular formula is C16H22ClFN2O2. The van der Waals surface area contributed by atoms with Gasteiger partial charge < -0.3 is 10.4 Å². The summed E-state index contributed by atoms with van der Waals surface area (Å²) in [5.41, 5.74) is 1.30. The van der Waals surface area contributed by atoms with Crippen molar-refractivity contribution in [3.05, 3.63) is 34.1 Å². The molecule has 0 unspecified atom stereocenters. The summed E-state index contributed by atoms with van der Waals surface area (Å²) in [5, 5.41) is 12.6. The number of carboxylic acid groups (broad SMARTS) is 1. The molecule has 0 radical (unpaired) electrons. The molecule has 4 nitrogen and oxygen atoms in total. The van der Waals surface area contributed by atoms with Crippen LogP contribution in [0.25, 0.3) is 0 Å². The minimum absolute atomic E-state index is 0.0757. The van der Waals surface area contributed by atoms with Gasteiger partial charge >= 0.3 is 5.97 Å². The predicted octanol–water partition coefficient (Wildman–Crippen LogP) is 2.81. The Kier molecular flexibility index (Phi) is 5.78. The van der Waals surface area contributed by atoms with Crippen LogP contribution in [-0.4, -0.2) is 41.1 Å². The molecule has 1 aliphatic carbocycles. The summed E-state index contributed by atoms with van der Waals surface area (Å²) in [6, 6.07) is 3.82. The standard InChI is InChI=1S/C16H22ClFN2O2/c1-3-20(9-16(21)22)12-6-11(7-12)19-8-13-14(17)4-10(2)5-15(13)18/h4-5,11-12,19H,3,6-9H2,1-2H3,(H,21,22). The van der Waals surface area contributed by atoms with Gasteiger partial charge in [0.05, 0.1) is 6.54 Å². The number of hydrogen-bond acceptors (Lipinski definition) is 3. The Hall–Kier alpha value is -1.17. The van der Waals surface area contributed by atoms with Crippen molar-refractivity contribution < 1.29 is 14.3 Å². The number of halogens is 2. The van der Waals surface area contributed by atoms with Crippen LogP contribution in [0.5, 0.6) is 0 Å². The molecule has 2 rings (SSSR count). The van der Waals surface area contributed by atoms with E-state index >= 15 is 0 Å². The molecule has 1 saturated carbocycles. The van der Waals surface area contributed by atoms with E-state index in [1.807, 2.05) is 18.7 Å². The van der Waals surface area contributed by atoms with E-state index in [0.29, 0.717) is 17.1 Å². The largest absolute Gasteiger partial charge is 0.480 e. The van der Waals surface area contributed by atoms with Gasteiger partial charge in [-0.15, -0.1) is 0 Å². The number of hydrogen-bond donors (Lipinski definition) is 2. The van der Waals surface area contributed by atoms with Gasteiger partial charge in [-0.3, -0.25) is 9.69 Å². The van der Waals surface area contributed by atoms with E-state index in [0.717, 1.165) is 24.9 Å². The Morgan fingerprint density at radius 2 is 2.18 bits per heavy atom. The van der Waals surface area contributed by atoms with Gasteiger partial charge in [0.15, 0.2) is 0 Å². The van der Waals surface area contributed by atoms with E-state index in [1.165, 1.54) is 6.07 Å². The topological polar surface area (TPSA) is 52.6 Å². The smallest absolute Gasteiger partial charge is 0.317 e. The molecule has 1 fully saturated rings. The molecule has 122 valence electrons. The zero-order valence-electron chi connectivity index (χ0n) is 12.9. The molecule has 0 atom stereocenters. The maximum atomic E-state index is 13.9. The summed E-state index contributed by atoms with van der Waals surface area (Å²) < 4.78 is 13.9. The Morgan fingerprint density at radius 1 is 1.50 bits per heavy atom. The molecule has 0 amide bonds. The molecule has 0 aliphatic heterocycles. The number of carbonyl (C=O) groups is 1. The number of rotatable bonds is 7. The highest BCUT2D eigenvalue weighted by Crippen LogP contribution is 2.27. The average Bonchev–Trinajstić information content (AvgIpc) is 2.37. The first-order chi connectivity index (χ1) is 10.4. The summed E-state index contributed by atoms with van der Waals surface area (Å²) >= 11 is 6.08. The van der Waals surface area contributed by atoms with Crippen molar-refractivity contribution in [2.24, 2.45) is 0 Å². The average molecular weight is 329 g/mol. The van der Waals surface area contributed by atoms with Gasteiger partial charge in [-0.1, -0.05) is 18.5 Å². The fourth-order valence-electron chi connectivity index (χ4n) is 2.87. The van der Waals surface area contributed by atoms with Crippen molar-refractivity contribution in [2.45, 2.75) is 45.3 Å². The molecule has 2 N–H and O–H groups in total. The molecule has 0 heterocycles. The van der Waals surface area contributed by atoms with E-state index in [2.05, 4.69) is 5.32 Å². The van der Waals surface area contributed by atoms with Crippen LogP contribution >= 0.6 is 11.6 Å². The molecule has 0 spiro atoms. The number of nitrogens with zero attached hydrogens (tertiary/aromatic N) is 1. The number of carboxylic acids is 1. The fourth-order valence-corrected chi connectivity index (χ4v) is 3.20. The zero-order chi connectivity index (χ0) is 16.3. The van der Waals surface area contributed by atoms with Crippen LogP contribution in [0.3, 0.4) is 0 Å². The van der Waals surface area contributed by atoms with E-state index < -0.39 is 5.97 Å². The summed E-state index contributed by atoms with van der Waals surface area (Å²) in [4.78, 5) is 12.8. The summed E-state index contributed by atoms with van der Waals surface area (Å²) in [5.74, 6) is -1.08. The SMILES string of the molecule is CCN(CC(=O)O)C1CC(NCc2c(F)cc(C)cc2Cl)C1. The van der Waals surface area contributed by atoms with Crippen LogP contribution in [0.15, 0.2) is 12.1 Å². The monoisotopic (exact) mass is 328 g/mol. The zero-order valence-corrected chi connectivity index (χ0v) is 13.7. The normalized spacial score (nSPS) is 21.0. The molecule has 0 aromatic heterocycles. The van der Waals surface area contributed by atoms with Crippen LogP contribution in [0.1, 0.15) is 30.9 Å². The van der Waals surface area contributed by atoms with Crippen LogP contribution in [0.2, 0.25) is 5.02 Å². The van der Waals surface area contributed by atoms with Gasteiger partial charge in [-0.05, 0) is 44.0 Å². The van der Waals surface area contributed by atoms with Gasteiger partial charge in [0, 0.05) is 29.2 Å². The van der Waals surface area contributed by atoms with Crippen LogP contribution in [-0.2, 0) is 11.3 Å². The first-order valence-electron chi connectivity index (χ1n) is 7.54. The van der Waals surface area contributed by atoms with Gasteiger partial charge in [-0.25, -0.2) is 4.39 Å². The lowest BCUT2D eigenvalue weighted by Crippen LogP contribution is -2.53. The second-order valence-electron chi connectivity index (χ2n) is 5.87. The third kappa shape index (κ3) is 4.18. The maximum absolute atomic E-state index is 13.9. The third-order valence-electron chi connectivity index (χ3n) is 4.23. The molecule has 6 heteroatoms. The molecular weight excluding hydrogens is 307 g/mol. The lowest BCUT2D eigenvalue weighted by molar-refractivity contribution is -0.139. The second kappa shape index (κ2) is 7.40. The number of aliphatic carboxylic acids is 1. The van der Waals surface area contributed by atoms with Gasteiger partial charge in [0.2, 0.25) is 0 Å². The first-order valence-corrected chi connectivity index (χ1v) is 7.92. The van der Waals surface area contributed by atoms with Gasteiger partial charge in [0.1, 0.15) is 5.82 Å². The molecule has 22 heavy (non-hydrogen) atoms. The predicted molar refractivity (Wildman–Crippen MR) is 84.7 cm³/mol. The van der Waals surface area contributed by atoms with Crippen LogP contribution < -0.4 is 5.32 Å². The van der Waals surface area contributed by atoms with Gasteiger partial charge in [-0.2, -0.15) is 0 Å². The van der Waals surface area contributed by atoms with Crippen molar-refractivity contribution in [3.8, 4) is 0 Å². The Balaban J connectivity index is 1.82. The Labute approximate surface area is 135 Å². The summed E-state index contributed by atoms with van der Waals surface area (Å²) in [6.07, 6.45) is 1.76. The minimum Gasteiger partial charge on any atom is -0.480 e. The molecule has 1 aromatic rings. The van der Waals surface area contributed by atoms with Crippen molar-refractivity contribution in [1.82, 2.24) is 10.2 Å². The lowest BCUT2D eigenvalue weighted by Gasteiger charge is -2.42. The summed E-state index contributed by atoms with van der Waals surface area (Å²) in [7, 11) is 0. The third-order valence-corrected chi connectivity index (χ3v) is 4.56. The molecule has 1 aliphatic rings. The number of likely N-dealkylation sites (N-methyl/N-ethyl adjacent to an activating group) is 1. The number of benzene rings is 1. The van der Waals surface area contributed by atoms with Crippen molar-refractivity contribution in [3.63, 3.8) is 0 Å². The van der Waals surface area contributed by atoms with Crippen molar-refractivity contribution >= 4 is 17.6 Å². The van der Waals surface area contributed by atoms with Gasteiger partial charge in [0.25, 0.3) is 0 Å². The fraction of sp³-hybridized carbons (Fsp3) is 0.562. The Bertz CT molecular complexity index is 524. The lowest BCUT2D eigenvalue weighted by atomic mass is 9.85. The molecule has 0 bridgehead atoms. The highest BCUT2D eigenvalue weighted by Gasteiger charge is 2.33. The quantitative estimate of drug-likeness (QED) is 0.808. The molecule has 0 saturated heterocycles. The number of nitrogens with one attached hydrogen (secondary N) is 1. The molecule has 1 aromatic carbocycles. The van der Waals surface area contributed by atoms with Crippen molar-refractivity contribution in [1.29, 1.82) is 0 Å². The van der Waals surface area contributed by atoms with E-state index in [1.54, 1.807) is 6.07 Å².